The molecule has 0 radical (unpaired) electrons. The zero-order chi connectivity index (χ0) is 13.1. The number of ether oxygens (including phenoxy) is 1. The molecule has 0 fully saturated rings. The Bertz CT molecular complexity index is 575. The van der Waals surface area contributed by atoms with E-state index in [1.807, 2.05) is 0 Å². The number of halogens is 4. The molecule has 0 aliphatic rings. The molecule has 2 aromatic rings. The van der Waals surface area contributed by atoms with Crippen molar-refractivity contribution in [3.63, 3.8) is 0 Å². The minimum Gasteiger partial charge on any atom is -0.488 e. The third-order valence-electron chi connectivity index (χ3n) is 2.29. The highest BCUT2D eigenvalue weighted by atomic mass is 79.9. The van der Waals surface area contributed by atoms with Crippen molar-refractivity contribution >= 4 is 39.1 Å². The van der Waals surface area contributed by atoms with Crippen molar-refractivity contribution in [1.29, 1.82) is 0 Å². The predicted molar refractivity (Wildman–Crippen MR) is 74.9 cm³/mol. The molecular formula is C13H8BrCl2FO. The van der Waals surface area contributed by atoms with Crippen molar-refractivity contribution in [3.05, 3.63) is 62.3 Å². The monoisotopic (exact) mass is 348 g/mol. The van der Waals surface area contributed by atoms with Gasteiger partial charge in [-0.1, -0.05) is 29.3 Å². The van der Waals surface area contributed by atoms with Crippen molar-refractivity contribution in [1.82, 2.24) is 0 Å². The Morgan fingerprint density at radius 3 is 2.61 bits per heavy atom. The zero-order valence-electron chi connectivity index (χ0n) is 9.09. The Labute approximate surface area is 123 Å². The standard InChI is InChI=1S/C13H8BrCl2FO/c14-11-4-3-10(17)6-13(11)18-7-8-1-2-9(15)5-12(8)16/h1-6H,7H2. The van der Waals surface area contributed by atoms with E-state index >= 15 is 0 Å². The molecular weight excluding hydrogens is 342 g/mol. The van der Waals surface area contributed by atoms with E-state index in [1.54, 1.807) is 24.3 Å². The number of rotatable bonds is 3. The fourth-order valence-electron chi connectivity index (χ4n) is 1.38. The molecule has 94 valence electrons. The van der Waals surface area contributed by atoms with Gasteiger partial charge in [-0.3, -0.25) is 0 Å². The SMILES string of the molecule is Fc1ccc(Br)c(OCc2ccc(Cl)cc2Cl)c1. The van der Waals surface area contributed by atoms with Crippen LogP contribution in [0.4, 0.5) is 4.39 Å². The zero-order valence-corrected chi connectivity index (χ0v) is 12.2. The molecule has 0 unspecified atom stereocenters. The van der Waals surface area contributed by atoms with Crippen LogP contribution >= 0.6 is 39.1 Å². The molecule has 0 saturated heterocycles. The number of hydrogen-bond donors (Lipinski definition) is 0. The van der Waals surface area contributed by atoms with Gasteiger partial charge in [-0.2, -0.15) is 0 Å². The maximum atomic E-state index is 13.1. The maximum Gasteiger partial charge on any atom is 0.136 e. The summed E-state index contributed by atoms with van der Waals surface area (Å²) < 4.78 is 19.3. The van der Waals surface area contributed by atoms with Crippen LogP contribution in [0.25, 0.3) is 0 Å². The van der Waals surface area contributed by atoms with Crippen LogP contribution in [-0.4, -0.2) is 0 Å². The van der Waals surface area contributed by atoms with Gasteiger partial charge in [0.25, 0.3) is 0 Å². The first kappa shape index (κ1) is 13.7. The first-order chi connectivity index (χ1) is 8.56. The van der Waals surface area contributed by atoms with Gasteiger partial charge in [0.15, 0.2) is 0 Å². The number of benzene rings is 2. The fraction of sp³-hybridized carbons (Fsp3) is 0.0769. The second-order valence-electron chi connectivity index (χ2n) is 3.60. The molecule has 5 heteroatoms. The third kappa shape index (κ3) is 3.37. The Kier molecular flexibility index (Phi) is 4.49. The summed E-state index contributed by atoms with van der Waals surface area (Å²) in [7, 11) is 0. The summed E-state index contributed by atoms with van der Waals surface area (Å²) in [6.45, 7) is 0.248. The average molecular weight is 350 g/mol. The molecule has 0 spiro atoms. The molecule has 2 rings (SSSR count). The molecule has 0 atom stereocenters. The first-order valence-electron chi connectivity index (χ1n) is 5.08. The Balaban J connectivity index is 2.13. The minimum absolute atomic E-state index is 0.248. The summed E-state index contributed by atoms with van der Waals surface area (Å²) in [4.78, 5) is 0. The Morgan fingerprint density at radius 1 is 1.11 bits per heavy atom. The van der Waals surface area contributed by atoms with Gasteiger partial charge in [0, 0.05) is 21.7 Å². The van der Waals surface area contributed by atoms with Crippen LogP contribution in [-0.2, 0) is 6.61 Å². The fourth-order valence-corrected chi connectivity index (χ4v) is 2.21. The largest absolute Gasteiger partial charge is 0.488 e. The van der Waals surface area contributed by atoms with Crippen LogP contribution in [0.15, 0.2) is 40.9 Å². The predicted octanol–water partition coefficient (Wildman–Crippen LogP) is 5.47. The Morgan fingerprint density at radius 2 is 1.89 bits per heavy atom. The van der Waals surface area contributed by atoms with Crippen molar-refractivity contribution < 1.29 is 9.13 Å². The molecule has 0 aliphatic carbocycles. The molecule has 0 aliphatic heterocycles. The molecule has 2 aromatic carbocycles. The van der Waals surface area contributed by atoms with E-state index in [-0.39, 0.29) is 12.4 Å². The van der Waals surface area contributed by atoms with Crippen LogP contribution in [0.3, 0.4) is 0 Å². The third-order valence-corrected chi connectivity index (χ3v) is 3.53. The lowest BCUT2D eigenvalue weighted by Crippen LogP contribution is -1.97. The quantitative estimate of drug-likeness (QED) is 0.713. The molecule has 0 heterocycles. The van der Waals surface area contributed by atoms with E-state index in [9.17, 15) is 4.39 Å². The van der Waals surface area contributed by atoms with Gasteiger partial charge in [0.1, 0.15) is 18.2 Å². The summed E-state index contributed by atoms with van der Waals surface area (Å²) >= 11 is 15.1. The van der Waals surface area contributed by atoms with Gasteiger partial charge in [-0.05, 0) is 40.2 Å². The minimum atomic E-state index is -0.351. The van der Waals surface area contributed by atoms with E-state index in [2.05, 4.69) is 15.9 Å². The molecule has 1 nitrogen and oxygen atoms in total. The van der Waals surface area contributed by atoms with Crippen molar-refractivity contribution in [3.8, 4) is 5.75 Å². The van der Waals surface area contributed by atoms with Crippen LogP contribution in [0, 0.1) is 5.82 Å². The smallest absolute Gasteiger partial charge is 0.136 e. The number of hydrogen-bond acceptors (Lipinski definition) is 1. The lowest BCUT2D eigenvalue weighted by atomic mass is 10.2. The highest BCUT2D eigenvalue weighted by Crippen LogP contribution is 2.28. The summed E-state index contributed by atoms with van der Waals surface area (Å²) in [6.07, 6.45) is 0. The van der Waals surface area contributed by atoms with Crippen LogP contribution in [0.2, 0.25) is 10.0 Å². The first-order valence-corrected chi connectivity index (χ1v) is 6.63. The maximum absolute atomic E-state index is 13.1. The highest BCUT2D eigenvalue weighted by Gasteiger charge is 2.06. The van der Waals surface area contributed by atoms with Crippen molar-refractivity contribution in [2.24, 2.45) is 0 Å². The van der Waals surface area contributed by atoms with E-state index in [4.69, 9.17) is 27.9 Å². The topological polar surface area (TPSA) is 9.23 Å². The van der Waals surface area contributed by atoms with Gasteiger partial charge in [0.05, 0.1) is 4.47 Å². The average Bonchev–Trinajstić information content (AvgIpc) is 2.32. The van der Waals surface area contributed by atoms with Gasteiger partial charge < -0.3 is 4.74 Å². The lowest BCUT2D eigenvalue weighted by molar-refractivity contribution is 0.302. The molecule has 0 amide bonds. The van der Waals surface area contributed by atoms with Crippen LogP contribution in [0.5, 0.6) is 5.75 Å². The summed E-state index contributed by atoms with van der Waals surface area (Å²) in [5.74, 6) is 0.0800. The second-order valence-corrected chi connectivity index (χ2v) is 5.30. The summed E-state index contributed by atoms with van der Waals surface area (Å²) in [5, 5.41) is 1.09. The van der Waals surface area contributed by atoms with E-state index < -0.39 is 0 Å². The van der Waals surface area contributed by atoms with Gasteiger partial charge in [-0.25, -0.2) is 4.39 Å². The summed E-state index contributed by atoms with van der Waals surface area (Å²) in [5.41, 5.74) is 0.789. The van der Waals surface area contributed by atoms with Crippen molar-refractivity contribution in [2.75, 3.05) is 0 Å². The van der Waals surface area contributed by atoms with Crippen LogP contribution < -0.4 is 4.74 Å². The molecule has 18 heavy (non-hydrogen) atoms. The van der Waals surface area contributed by atoms with Gasteiger partial charge in [-0.15, -0.1) is 0 Å². The normalized spacial score (nSPS) is 10.4. The second kappa shape index (κ2) is 5.91. The van der Waals surface area contributed by atoms with E-state index in [1.165, 1.54) is 12.1 Å². The van der Waals surface area contributed by atoms with E-state index in [0.29, 0.717) is 20.3 Å². The molecule has 0 aromatic heterocycles. The van der Waals surface area contributed by atoms with Gasteiger partial charge in [0.2, 0.25) is 0 Å². The summed E-state index contributed by atoms with van der Waals surface area (Å²) in [6, 6.07) is 9.40. The Hall–Kier alpha value is -0.770. The highest BCUT2D eigenvalue weighted by molar-refractivity contribution is 9.10. The molecule has 0 N–H and O–H groups in total. The van der Waals surface area contributed by atoms with Gasteiger partial charge >= 0.3 is 0 Å². The molecule has 0 bridgehead atoms. The van der Waals surface area contributed by atoms with E-state index in [0.717, 1.165) is 5.56 Å². The van der Waals surface area contributed by atoms with Crippen molar-refractivity contribution in [2.45, 2.75) is 6.61 Å². The molecule has 0 saturated carbocycles. The van der Waals surface area contributed by atoms with Crippen LogP contribution in [0.1, 0.15) is 5.56 Å². The lowest BCUT2D eigenvalue weighted by Gasteiger charge is -2.09.